The van der Waals surface area contributed by atoms with E-state index in [4.69, 9.17) is 9.84 Å². The zero-order chi connectivity index (χ0) is 18.3. The van der Waals surface area contributed by atoms with E-state index in [2.05, 4.69) is 19.6 Å². The molecule has 2 aromatic carbocycles. The number of aliphatic hydroxyl groups excluding tert-OH is 1. The van der Waals surface area contributed by atoms with Crippen LogP contribution in [0.4, 0.5) is 0 Å². The van der Waals surface area contributed by atoms with Gasteiger partial charge in [0.1, 0.15) is 13.5 Å². The third-order valence-corrected chi connectivity index (χ3v) is 6.00. The van der Waals surface area contributed by atoms with E-state index in [1.54, 1.807) is 0 Å². The average molecular weight is 357 g/mol. The molecule has 0 heterocycles. The van der Waals surface area contributed by atoms with Crippen LogP contribution >= 0.6 is 0 Å². The number of carbonyl (C=O) groups excluding carboxylic acids is 1. The summed E-state index contributed by atoms with van der Waals surface area (Å²) in [6.07, 6.45) is 0.223. The number of rotatable bonds is 9. The van der Waals surface area contributed by atoms with E-state index in [0.29, 0.717) is 13.0 Å². The second-order valence-electron chi connectivity index (χ2n) is 7.28. The second kappa shape index (κ2) is 9.09. The van der Waals surface area contributed by atoms with Crippen LogP contribution in [0.25, 0.3) is 0 Å². The molecular formula is C21H28O3Si. The minimum Gasteiger partial charge on any atom is -0.396 e. The maximum atomic E-state index is 13.3. The predicted octanol–water partition coefficient (Wildman–Crippen LogP) is 4.36. The third kappa shape index (κ3) is 5.36. The molecular weight excluding hydrogens is 328 g/mol. The van der Waals surface area contributed by atoms with Gasteiger partial charge in [-0.1, -0.05) is 80.3 Å². The lowest BCUT2D eigenvalue weighted by Gasteiger charge is -2.31. The smallest absolute Gasteiger partial charge is 0.124 e. The molecule has 134 valence electrons. The fraction of sp³-hybridized carbons (Fsp3) is 0.381. The van der Waals surface area contributed by atoms with E-state index in [9.17, 15) is 4.79 Å². The highest BCUT2D eigenvalue weighted by molar-refractivity contribution is 7.04. The fourth-order valence-electron chi connectivity index (χ4n) is 2.89. The molecule has 0 saturated carbocycles. The Balaban J connectivity index is 2.46. The van der Waals surface area contributed by atoms with Gasteiger partial charge in [0.05, 0.1) is 12.0 Å². The highest BCUT2D eigenvalue weighted by Crippen LogP contribution is 2.37. The van der Waals surface area contributed by atoms with Crippen LogP contribution in [0.3, 0.4) is 0 Å². The van der Waals surface area contributed by atoms with Crippen molar-refractivity contribution in [3.05, 3.63) is 71.8 Å². The normalized spacial score (nSPS) is 14.1. The van der Waals surface area contributed by atoms with Crippen LogP contribution in [-0.2, 0) is 9.53 Å². The summed E-state index contributed by atoms with van der Waals surface area (Å²) in [7, 11) is -2.02. The monoisotopic (exact) mass is 356 g/mol. The number of carbonyl (C=O) groups is 1. The van der Waals surface area contributed by atoms with Crippen molar-refractivity contribution in [2.24, 2.45) is 0 Å². The fourth-order valence-corrected chi connectivity index (χ4v) is 4.14. The summed E-state index contributed by atoms with van der Waals surface area (Å²) in [4.78, 5) is 13.3. The Kier molecular flexibility index (Phi) is 7.11. The van der Waals surface area contributed by atoms with E-state index >= 15 is 0 Å². The summed E-state index contributed by atoms with van der Waals surface area (Å²) in [6, 6.07) is 19.8. The molecule has 2 aromatic rings. The van der Waals surface area contributed by atoms with Crippen molar-refractivity contribution in [2.75, 3.05) is 13.2 Å². The van der Waals surface area contributed by atoms with Crippen molar-refractivity contribution in [3.63, 3.8) is 0 Å². The molecule has 2 rings (SSSR count). The highest BCUT2D eigenvalue weighted by Gasteiger charge is 2.38. The van der Waals surface area contributed by atoms with Crippen molar-refractivity contribution in [1.82, 2.24) is 0 Å². The molecule has 0 bridgehead atoms. The van der Waals surface area contributed by atoms with Gasteiger partial charge in [0.2, 0.25) is 0 Å². The van der Waals surface area contributed by atoms with Gasteiger partial charge in [-0.3, -0.25) is 0 Å². The largest absolute Gasteiger partial charge is 0.396 e. The average Bonchev–Trinajstić information content (AvgIpc) is 2.61. The van der Waals surface area contributed by atoms with Crippen molar-refractivity contribution >= 4 is 13.5 Å². The van der Waals surface area contributed by atoms with Crippen LogP contribution in [0.15, 0.2) is 60.7 Å². The first-order chi connectivity index (χ1) is 11.9. The molecule has 0 aliphatic heterocycles. The number of hydrogen-bond donors (Lipinski definition) is 1. The molecule has 3 nitrogen and oxygen atoms in total. The number of aliphatic hydroxyl groups is 1. The Labute approximate surface area is 151 Å². The van der Waals surface area contributed by atoms with Gasteiger partial charge in [-0.2, -0.15) is 0 Å². The molecule has 0 aliphatic rings. The summed E-state index contributed by atoms with van der Waals surface area (Å²) < 4.78 is 6.14. The number of hydrogen-bond acceptors (Lipinski definition) is 3. The van der Waals surface area contributed by atoms with E-state index in [1.807, 2.05) is 60.7 Å². The van der Waals surface area contributed by atoms with Crippen LogP contribution in [0.1, 0.15) is 29.6 Å². The van der Waals surface area contributed by atoms with Crippen LogP contribution < -0.4 is 0 Å². The number of benzene rings is 2. The van der Waals surface area contributed by atoms with Gasteiger partial charge in [0.25, 0.3) is 0 Å². The molecule has 2 atom stereocenters. The van der Waals surface area contributed by atoms with Crippen LogP contribution in [0.5, 0.6) is 0 Å². The molecule has 0 radical (unpaired) electrons. The summed E-state index contributed by atoms with van der Waals surface area (Å²) in [5.74, 6) is -0.325. The lowest BCUT2D eigenvalue weighted by atomic mass is 9.90. The van der Waals surface area contributed by atoms with Crippen molar-refractivity contribution < 1.29 is 14.6 Å². The topological polar surface area (TPSA) is 46.5 Å². The maximum Gasteiger partial charge on any atom is 0.124 e. The standard InChI is InChI=1S/C21H28O3Si/c1-25(2,3)21(23)19(17-11-6-4-7-12-17)20(24-16-10-15-22)18-13-8-5-9-14-18/h4-9,11-14,19-20,22H,10,15-16H2,1-3H3/t19-,20-/m0/s1. The lowest BCUT2D eigenvalue weighted by Crippen LogP contribution is -2.40. The molecule has 0 aromatic heterocycles. The molecule has 4 heteroatoms. The molecule has 0 spiro atoms. The molecule has 0 amide bonds. The van der Waals surface area contributed by atoms with Crippen LogP contribution in [-0.4, -0.2) is 31.8 Å². The lowest BCUT2D eigenvalue weighted by molar-refractivity contribution is -0.118. The zero-order valence-corrected chi connectivity index (χ0v) is 16.3. The summed E-state index contributed by atoms with van der Waals surface area (Å²) in [5.41, 5.74) is 1.99. The van der Waals surface area contributed by atoms with Crippen molar-refractivity contribution in [1.29, 1.82) is 0 Å². The Bertz CT molecular complexity index is 650. The van der Waals surface area contributed by atoms with E-state index in [0.717, 1.165) is 11.1 Å². The van der Waals surface area contributed by atoms with Crippen molar-refractivity contribution in [2.45, 2.75) is 38.1 Å². The van der Waals surface area contributed by atoms with Gasteiger partial charge >= 0.3 is 0 Å². The summed E-state index contributed by atoms with van der Waals surface area (Å²) in [5, 5.41) is 9.39. The quantitative estimate of drug-likeness (QED) is 0.536. The summed E-state index contributed by atoms with van der Waals surface area (Å²) >= 11 is 0. The van der Waals surface area contributed by atoms with Gasteiger partial charge in [-0.25, -0.2) is 0 Å². The second-order valence-corrected chi connectivity index (χ2v) is 12.3. The van der Waals surface area contributed by atoms with Crippen molar-refractivity contribution in [3.8, 4) is 0 Å². The first-order valence-electron chi connectivity index (χ1n) is 8.82. The molecule has 0 fully saturated rings. The molecule has 0 unspecified atom stereocenters. The minimum absolute atomic E-state index is 0.0828. The van der Waals surface area contributed by atoms with Crippen LogP contribution in [0.2, 0.25) is 19.6 Å². The van der Waals surface area contributed by atoms with Crippen LogP contribution in [0, 0.1) is 0 Å². The maximum absolute atomic E-state index is 13.3. The van der Waals surface area contributed by atoms with Gasteiger partial charge in [0, 0.05) is 13.2 Å². The first-order valence-corrected chi connectivity index (χ1v) is 12.3. The van der Waals surface area contributed by atoms with Gasteiger partial charge in [-0.15, -0.1) is 0 Å². The Morgan fingerprint density at radius 3 is 1.96 bits per heavy atom. The molecule has 25 heavy (non-hydrogen) atoms. The van der Waals surface area contributed by atoms with E-state index < -0.39 is 8.07 Å². The predicted molar refractivity (Wildman–Crippen MR) is 104 cm³/mol. The SMILES string of the molecule is C[Si](C)(C)C(=O)[C@@H](c1ccccc1)[C@@H](OCCCO)c1ccccc1. The number of ether oxygens (including phenoxy) is 1. The van der Waals surface area contributed by atoms with Gasteiger partial charge < -0.3 is 14.6 Å². The van der Waals surface area contributed by atoms with Gasteiger partial charge in [0.15, 0.2) is 0 Å². The Morgan fingerprint density at radius 2 is 1.48 bits per heavy atom. The Hall–Kier alpha value is -1.75. The highest BCUT2D eigenvalue weighted by atomic mass is 28.3. The minimum atomic E-state index is -2.02. The first kappa shape index (κ1) is 19.6. The molecule has 0 aliphatic carbocycles. The summed E-state index contributed by atoms with van der Waals surface area (Å²) in [6.45, 7) is 6.76. The van der Waals surface area contributed by atoms with E-state index in [-0.39, 0.29) is 24.0 Å². The van der Waals surface area contributed by atoms with Gasteiger partial charge in [-0.05, 0) is 17.5 Å². The molecule has 0 saturated heterocycles. The molecule has 1 N–H and O–H groups in total. The Morgan fingerprint density at radius 1 is 0.960 bits per heavy atom. The third-order valence-electron chi connectivity index (χ3n) is 4.21. The zero-order valence-electron chi connectivity index (χ0n) is 15.3. The van der Waals surface area contributed by atoms with E-state index in [1.165, 1.54) is 0 Å².